The normalized spacial score (nSPS) is 10.8. The number of aromatic nitrogens is 2. The van der Waals surface area contributed by atoms with E-state index in [4.69, 9.17) is 9.47 Å². The lowest BCUT2D eigenvalue weighted by Crippen LogP contribution is -2.07. The third-order valence-corrected chi connectivity index (χ3v) is 2.56. The number of nitrogens with one attached hydrogen (secondary N) is 1. The van der Waals surface area contributed by atoms with Gasteiger partial charge in [-0.15, -0.1) is 0 Å². The average molecular weight is 267 g/mol. The molecule has 1 rings (SSSR count). The van der Waals surface area contributed by atoms with Crippen LogP contribution in [0.4, 0.5) is 5.82 Å². The summed E-state index contributed by atoms with van der Waals surface area (Å²) in [6, 6.07) is 1.83. The smallest absolute Gasteiger partial charge is 0.218 e. The van der Waals surface area contributed by atoms with Crippen LogP contribution < -0.4 is 10.1 Å². The largest absolute Gasteiger partial charge is 0.478 e. The zero-order valence-corrected chi connectivity index (χ0v) is 12.4. The van der Waals surface area contributed by atoms with E-state index in [1.54, 1.807) is 7.11 Å². The molecule has 0 saturated heterocycles. The molecule has 1 N–H and O–H groups in total. The van der Waals surface area contributed by atoms with Crippen LogP contribution in [0.1, 0.15) is 39.4 Å². The topological polar surface area (TPSA) is 56.3 Å². The van der Waals surface area contributed by atoms with Gasteiger partial charge in [0.2, 0.25) is 5.88 Å². The first-order valence-corrected chi connectivity index (χ1v) is 6.89. The van der Waals surface area contributed by atoms with Gasteiger partial charge < -0.3 is 14.8 Å². The van der Waals surface area contributed by atoms with Gasteiger partial charge in [0, 0.05) is 19.7 Å². The van der Waals surface area contributed by atoms with Crippen LogP contribution in [0.25, 0.3) is 0 Å². The van der Waals surface area contributed by atoms with E-state index in [-0.39, 0.29) is 0 Å². The van der Waals surface area contributed by atoms with Crippen molar-refractivity contribution in [1.29, 1.82) is 0 Å². The van der Waals surface area contributed by atoms with Crippen LogP contribution in [0.5, 0.6) is 5.88 Å². The lowest BCUT2D eigenvalue weighted by molar-refractivity contribution is 0.176. The van der Waals surface area contributed by atoms with Crippen LogP contribution >= 0.6 is 0 Å². The standard InChI is InChI=1S/C14H25N3O2/c1-5-15-12-9-14(17-13(16-12)10-18-4)19-8-6-7-11(2)3/h9,11H,5-8,10H2,1-4H3,(H,15,16,17). The molecule has 0 unspecified atom stereocenters. The Bertz CT molecular complexity index is 345. The second kappa shape index (κ2) is 8.69. The van der Waals surface area contributed by atoms with Crippen LogP contribution in [0.3, 0.4) is 0 Å². The van der Waals surface area contributed by atoms with E-state index in [9.17, 15) is 0 Å². The Morgan fingerprint density at radius 1 is 1.32 bits per heavy atom. The Morgan fingerprint density at radius 2 is 2.11 bits per heavy atom. The van der Waals surface area contributed by atoms with Crippen molar-refractivity contribution in [3.8, 4) is 5.88 Å². The number of hydrogen-bond donors (Lipinski definition) is 1. The number of methoxy groups -OCH3 is 1. The first kappa shape index (κ1) is 15.7. The van der Waals surface area contributed by atoms with Gasteiger partial charge >= 0.3 is 0 Å². The van der Waals surface area contributed by atoms with Gasteiger partial charge in [-0.25, -0.2) is 4.98 Å². The van der Waals surface area contributed by atoms with Gasteiger partial charge in [0.15, 0.2) is 5.82 Å². The quantitative estimate of drug-likeness (QED) is 0.697. The van der Waals surface area contributed by atoms with Crippen LogP contribution in [0.2, 0.25) is 0 Å². The number of rotatable bonds is 9. The van der Waals surface area contributed by atoms with Crippen molar-refractivity contribution >= 4 is 5.82 Å². The predicted molar refractivity (Wildman–Crippen MR) is 76.5 cm³/mol. The molecule has 0 atom stereocenters. The first-order chi connectivity index (χ1) is 9.15. The molecule has 0 aliphatic heterocycles. The lowest BCUT2D eigenvalue weighted by atomic mass is 10.1. The minimum Gasteiger partial charge on any atom is -0.478 e. The van der Waals surface area contributed by atoms with Gasteiger partial charge in [0.25, 0.3) is 0 Å². The minimum atomic E-state index is 0.390. The van der Waals surface area contributed by atoms with Crippen molar-refractivity contribution in [3.05, 3.63) is 11.9 Å². The highest BCUT2D eigenvalue weighted by Crippen LogP contribution is 2.15. The Morgan fingerprint density at radius 3 is 2.74 bits per heavy atom. The first-order valence-electron chi connectivity index (χ1n) is 6.89. The summed E-state index contributed by atoms with van der Waals surface area (Å²) >= 11 is 0. The van der Waals surface area contributed by atoms with Crippen molar-refractivity contribution < 1.29 is 9.47 Å². The van der Waals surface area contributed by atoms with Gasteiger partial charge in [-0.05, 0) is 25.7 Å². The molecule has 0 spiro atoms. The zero-order chi connectivity index (χ0) is 14.1. The molecular weight excluding hydrogens is 242 g/mol. The van der Waals surface area contributed by atoms with Crippen LogP contribution in [0, 0.1) is 5.92 Å². The summed E-state index contributed by atoms with van der Waals surface area (Å²) in [6.45, 7) is 8.35. The third-order valence-electron chi connectivity index (χ3n) is 2.56. The van der Waals surface area contributed by atoms with E-state index >= 15 is 0 Å². The Balaban J connectivity index is 2.59. The fourth-order valence-electron chi connectivity index (χ4n) is 1.68. The molecule has 0 fully saturated rings. The molecule has 1 aromatic rings. The Hall–Kier alpha value is -1.36. The highest BCUT2D eigenvalue weighted by molar-refractivity contribution is 5.38. The summed E-state index contributed by atoms with van der Waals surface area (Å²) in [5.41, 5.74) is 0. The molecular formula is C14H25N3O2. The molecule has 5 nitrogen and oxygen atoms in total. The summed E-state index contributed by atoms with van der Waals surface area (Å²) in [5.74, 6) is 2.74. The highest BCUT2D eigenvalue weighted by atomic mass is 16.5. The maximum absolute atomic E-state index is 5.68. The van der Waals surface area contributed by atoms with Crippen molar-refractivity contribution in [2.45, 2.75) is 40.2 Å². The Kier molecular flexibility index (Phi) is 7.18. The maximum Gasteiger partial charge on any atom is 0.218 e. The van der Waals surface area contributed by atoms with Crippen molar-refractivity contribution in [2.75, 3.05) is 25.6 Å². The summed E-state index contributed by atoms with van der Waals surface area (Å²) < 4.78 is 10.7. The molecule has 0 bridgehead atoms. The second-order valence-corrected chi connectivity index (χ2v) is 4.86. The van der Waals surface area contributed by atoms with E-state index in [1.807, 2.05) is 13.0 Å². The number of ether oxygens (including phenoxy) is 2. The molecule has 1 heterocycles. The van der Waals surface area contributed by atoms with Gasteiger partial charge in [-0.1, -0.05) is 13.8 Å². The maximum atomic E-state index is 5.68. The van der Waals surface area contributed by atoms with Crippen LogP contribution in [0.15, 0.2) is 6.07 Å². The second-order valence-electron chi connectivity index (χ2n) is 4.86. The molecule has 0 radical (unpaired) electrons. The molecule has 0 aromatic carbocycles. The predicted octanol–water partition coefficient (Wildman–Crippen LogP) is 2.87. The zero-order valence-electron chi connectivity index (χ0n) is 12.4. The van der Waals surface area contributed by atoms with Gasteiger partial charge in [-0.2, -0.15) is 4.98 Å². The monoisotopic (exact) mass is 267 g/mol. The number of hydrogen-bond acceptors (Lipinski definition) is 5. The molecule has 108 valence electrons. The average Bonchev–Trinajstić information content (AvgIpc) is 2.35. The summed E-state index contributed by atoms with van der Waals surface area (Å²) in [5, 5.41) is 3.17. The highest BCUT2D eigenvalue weighted by Gasteiger charge is 2.05. The molecule has 0 saturated carbocycles. The molecule has 0 aliphatic rings. The van der Waals surface area contributed by atoms with E-state index in [0.717, 1.165) is 25.2 Å². The van der Waals surface area contributed by atoms with E-state index < -0.39 is 0 Å². The van der Waals surface area contributed by atoms with E-state index in [0.29, 0.717) is 30.8 Å². The van der Waals surface area contributed by atoms with Crippen molar-refractivity contribution in [2.24, 2.45) is 5.92 Å². The van der Waals surface area contributed by atoms with Crippen molar-refractivity contribution in [1.82, 2.24) is 9.97 Å². The number of anilines is 1. The van der Waals surface area contributed by atoms with E-state index in [1.165, 1.54) is 0 Å². The molecule has 19 heavy (non-hydrogen) atoms. The fraction of sp³-hybridized carbons (Fsp3) is 0.714. The molecule has 5 heteroatoms. The summed E-state index contributed by atoms with van der Waals surface area (Å²) in [6.07, 6.45) is 2.20. The minimum absolute atomic E-state index is 0.390. The van der Waals surface area contributed by atoms with Crippen LogP contribution in [-0.2, 0) is 11.3 Å². The summed E-state index contributed by atoms with van der Waals surface area (Å²) in [4.78, 5) is 8.67. The van der Waals surface area contributed by atoms with Crippen molar-refractivity contribution in [3.63, 3.8) is 0 Å². The van der Waals surface area contributed by atoms with Gasteiger partial charge in [0.1, 0.15) is 12.4 Å². The van der Waals surface area contributed by atoms with Gasteiger partial charge in [0.05, 0.1) is 6.61 Å². The van der Waals surface area contributed by atoms with Crippen LogP contribution in [-0.4, -0.2) is 30.2 Å². The van der Waals surface area contributed by atoms with E-state index in [2.05, 4.69) is 29.1 Å². The Labute approximate surface area is 115 Å². The SMILES string of the molecule is CCNc1cc(OCCCC(C)C)nc(COC)n1. The molecule has 0 aliphatic carbocycles. The molecule has 0 amide bonds. The molecule has 1 aromatic heterocycles. The summed E-state index contributed by atoms with van der Waals surface area (Å²) in [7, 11) is 1.63. The number of nitrogens with zero attached hydrogens (tertiary/aromatic N) is 2. The lowest BCUT2D eigenvalue weighted by Gasteiger charge is -2.10. The van der Waals surface area contributed by atoms with Gasteiger partial charge in [-0.3, -0.25) is 0 Å². The fourth-order valence-corrected chi connectivity index (χ4v) is 1.68. The third kappa shape index (κ3) is 6.38.